The minimum absolute atomic E-state index is 0. The molecule has 0 saturated heterocycles. The normalized spacial score (nSPS) is 18.2. The molecule has 2 N–H and O–H groups in total. The highest BCUT2D eigenvalue weighted by molar-refractivity contribution is 5.96. The molecule has 17 heavy (non-hydrogen) atoms. The van der Waals surface area contributed by atoms with E-state index < -0.39 is 0 Å². The summed E-state index contributed by atoms with van der Waals surface area (Å²) in [7, 11) is 0. The van der Waals surface area contributed by atoms with Gasteiger partial charge in [-0.25, -0.2) is 0 Å². The first-order valence-corrected chi connectivity index (χ1v) is 5.42. The summed E-state index contributed by atoms with van der Waals surface area (Å²) in [6.07, 6.45) is 7.31. The molecule has 0 radical (unpaired) electrons. The summed E-state index contributed by atoms with van der Waals surface area (Å²) in [5.41, 5.74) is 0.737. The lowest BCUT2D eigenvalue weighted by molar-refractivity contribution is -0.116. The van der Waals surface area contributed by atoms with Crippen LogP contribution >= 0.6 is 12.4 Å². The molecule has 0 aliphatic carbocycles. The van der Waals surface area contributed by atoms with E-state index in [0.717, 1.165) is 12.2 Å². The Kier molecular flexibility index (Phi) is 4.72. The Morgan fingerprint density at radius 3 is 2.94 bits per heavy atom. The van der Waals surface area contributed by atoms with Gasteiger partial charge in [-0.3, -0.25) is 14.8 Å². The molecule has 1 atom stereocenters. The number of nitrogens with one attached hydrogen (secondary N) is 2. The van der Waals surface area contributed by atoms with Crippen LogP contribution in [0.3, 0.4) is 0 Å². The predicted octanol–water partition coefficient (Wildman–Crippen LogP) is 1.35. The zero-order valence-electron chi connectivity index (χ0n) is 9.88. The molecule has 1 unspecified atom stereocenters. The average Bonchev–Trinajstić information content (AvgIpc) is 2.87. The van der Waals surface area contributed by atoms with Crippen molar-refractivity contribution in [2.45, 2.75) is 25.9 Å². The summed E-state index contributed by atoms with van der Waals surface area (Å²) in [6.45, 7) is 4.84. The van der Waals surface area contributed by atoms with Crippen LogP contribution in [0.1, 0.15) is 19.9 Å². The second-order valence-corrected chi connectivity index (χ2v) is 4.11. The number of carbonyl (C=O) groups excluding carboxylic acids is 1. The SMILES string of the molecule is CC(C)n1cc(NC(=O)C2C=CCN2)cn1.Cl. The predicted molar refractivity (Wildman–Crippen MR) is 69.4 cm³/mol. The van der Waals surface area contributed by atoms with Gasteiger partial charge in [-0.15, -0.1) is 12.4 Å². The Bertz CT molecular complexity index is 413. The maximum absolute atomic E-state index is 11.7. The lowest BCUT2D eigenvalue weighted by atomic mass is 10.3. The highest BCUT2D eigenvalue weighted by atomic mass is 35.5. The van der Waals surface area contributed by atoms with E-state index in [1.807, 2.05) is 36.9 Å². The maximum Gasteiger partial charge on any atom is 0.245 e. The number of amides is 1. The number of hydrogen-bond acceptors (Lipinski definition) is 3. The molecule has 94 valence electrons. The maximum atomic E-state index is 11.7. The van der Waals surface area contributed by atoms with Crippen molar-refractivity contribution in [3.8, 4) is 0 Å². The fraction of sp³-hybridized carbons (Fsp3) is 0.455. The van der Waals surface area contributed by atoms with Gasteiger partial charge in [0.15, 0.2) is 0 Å². The largest absolute Gasteiger partial charge is 0.322 e. The van der Waals surface area contributed by atoms with E-state index in [-0.39, 0.29) is 24.4 Å². The van der Waals surface area contributed by atoms with Crippen LogP contribution in [0.4, 0.5) is 5.69 Å². The number of halogens is 1. The molecule has 1 aromatic rings. The van der Waals surface area contributed by atoms with Crippen molar-refractivity contribution in [3.63, 3.8) is 0 Å². The minimum atomic E-state index is -0.220. The summed E-state index contributed by atoms with van der Waals surface area (Å²) in [4.78, 5) is 11.7. The Morgan fingerprint density at radius 2 is 2.41 bits per heavy atom. The van der Waals surface area contributed by atoms with Crippen molar-refractivity contribution in [1.29, 1.82) is 0 Å². The molecule has 5 nitrogen and oxygen atoms in total. The van der Waals surface area contributed by atoms with Gasteiger partial charge in [0.2, 0.25) is 5.91 Å². The number of aromatic nitrogens is 2. The van der Waals surface area contributed by atoms with Crippen LogP contribution in [-0.2, 0) is 4.79 Å². The molecule has 1 aliphatic heterocycles. The van der Waals surface area contributed by atoms with E-state index in [2.05, 4.69) is 15.7 Å². The van der Waals surface area contributed by atoms with Gasteiger partial charge in [-0.1, -0.05) is 12.2 Å². The van der Waals surface area contributed by atoms with Crippen molar-refractivity contribution in [1.82, 2.24) is 15.1 Å². The second-order valence-electron chi connectivity index (χ2n) is 4.11. The van der Waals surface area contributed by atoms with Crippen LogP contribution < -0.4 is 10.6 Å². The average molecular weight is 257 g/mol. The van der Waals surface area contributed by atoms with Gasteiger partial charge in [0.05, 0.1) is 11.9 Å². The van der Waals surface area contributed by atoms with Crippen LogP contribution in [0.25, 0.3) is 0 Å². The molecule has 0 aromatic carbocycles. The highest BCUT2D eigenvalue weighted by Crippen LogP contribution is 2.10. The van der Waals surface area contributed by atoms with Crippen LogP contribution in [0.5, 0.6) is 0 Å². The molecule has 1 aromatic heterocycles. The Labute approximate surface area is 107 Å². The van der Waals surface area contributed by atoms with Gasteiger partial charge in [0.25, 0.3) is 0 Å². The molecule has 0 saturated carbocycles. The first-order valence-electron chi connectivity index (χ1n) is 5.42. The Balaban J connectivity index is 0.00000144. The minimum Gasteiger partial charge on any atom is -0.322 e. The van der Waals surface area contributed by atoms with Crippen molar-refractivity contribution >= 4 is 24.0 Å². The van der Waals surface area contributed by atoms with Gasteiger partial charge in [-0.05, 0) is 13.8 Å². The molecule has 1 aliphatic rings. The standard InChI is InChI=1S/C11H16N4O.ClH/c1-8(2)15-7-9(6-13-15)14-11(16)10-4-3-5-12-10;/h3-4,6-8,10,12H,5H2,1-2H3,(H,14,16);1H. The van der Waals surface area contributed by atoms with Crippen molar-refractivity contribution < 1.29 is 4.79 Å². The van der Waals surface area contributed by atoms with Crippen LogP contribution in [-0.4, -0.2) is 28.3 Å². The molecular formula is C11H17ClN4O. The van der Waals surface area contributed by atoms with Gasteiger partial charge >= 0.3 is 0 Å². The summed E-state index contributed by atoms with van der Waals surface area (Å²) in [5.74, 6) is -0.0444. The Morgan fingerprint density at radius 1 is 1.65 bits per heavy atom. The van der Waals surface area contributed by atoms with Crippen molar-refractivity contribution in [3.05, 3.63) is 24.5 Å². The van der Waals surface area contributed by atoms with Gasteiger partial charge in [-0.2, -0.15) is 5.10 Å². The Hall–Kier alpha value is -1.33. The van der Waals surface area contributed by atoms with E-state index >= 15 is 0 Å². The summed E-state index contributed by atoms with van der Waals surface area (Å²) >= 11 is 0. The molecule has 2 heterocycles. The summed E-state index contributed by atoms with van der Waals surface area (Å²) in [5, 5.41) is 10.0. The third-order valence-electron chi connectivity index (χ3n) is 2.46. The van der Waals surface area contributed by atoms with Crippen molar-refractivity contribution in [2.75, 3.05) is 11.9 Å². The van der Waals surface area contributed by atoms with Crippen LogP contribution in [0.2, 0.25) is 0 Å². The monoisotopic (exact) mass is 256 g/mol. The first-order chi connectivity index (χ1) is 7.66. The molecule has 1 amide bonds. The van der Waals surface area contributed by atoms with Gasteiger partial charge < -0.3 is 5.32 Å². The van der Waals surface area contributed by atoms with Gasteiger partial charge in [0.1, 0.15) is 6.04 Å². The molecule has 2 rings (SSSR count). The third kappa shape index (κ3) is 3.31. The van der Waals surface area contributed by atoms with Crippen LogP contribution in [0, 0.1) is 0 Å². The number of nitrogens with zero attached hydrogens (tertiary/aromatic N) is 2. The quantitative estimate of drug-likeness (QED) is 0.803. The van der Waals surface area contributed by atoms with E-state index in [1.165, 1.54) is 0 Å². The van der Waals surface area contributed by atoms with Crippen LogP contribution in [0.15, 0.2) is 24.5 Å². The van der Waals surface area contributed by atoms with Crippen molar-refractivity contribution in [2.24, 2.45) is 0 Å². The number of hydrogen-bond donors (Lipinski definition) is 2. The van der Waals surface area contributed by atoms with E-state index in [1.54, 1.807) is 6.20 Å². The zero-order chi connectivity index (χ0) is 11.5. The molecule has 0 spiro atoms. The zero-order valence-corrected chi connectivity index (χ0v) is 10.7. The molecule has 0 fully saturated rings. The van der Waals surface area contributed by atoms with Gasteiger partial charge in [0, 0.05) is 18.8 Å². The molecular weight excluding hydrogens is 240 g/mol. The number of carbonyl (C=O) groups is 1. The van der Waals surface area contributed by atoms with E-state index in [4.69, 9.17) is 0 Å². The second kappa shape index (κ2) is 5.84. The fourth-order valence-electron chi connectivity index (χ4n) is 1.55. The van der Waals surface area contributed by atoms with E-state index in [0.29, 0.717) is 6.04 Å². The lowest BCUT2D eigenvalue weighted by Gasteiger charge is -2.08. The number of rotatable bonds is 3. The third-order valence-corrected chi connectivity index (χ3v) is 2.46. The highest BCUT2D eigenvalue weighted by Gasteiger charge is 2.17. The topological polar surface area (TPSA) is 59.0 Å². The van der Waals surface area contributed by atoms with E-state index in [9.17, 15) is 4.79 Å². The summed E-state index contributed by atoms with van der Waals surface area (Å²) in [6, 6.07) is 0.0811. The molecule has 6 heteroatoms. The molecule has 0 bridgehead atoms. The fourth-order valence-corrected chi connectivity index (χ4v) is 1.55. The first kappa shape index (κ1) is 13.7. The lowest BCUT2D eigenvalue weighted by Crippen LogP contribution is -2.35. The number of anilines is 1. The smallest absolute Gasteiger partial charge is 0.245 e. The summed E-state index contributed by atoms with van der Waals surface area (Å²) < 4.78 is 1.81.